The van der Waals surface area contributed by atoms with Crippen LogP contribution in [0.2, 0.25) is 5.02 Å². The van der Waals surface area contributed by atoms with E-state index in [0.717, 1.165) is 16.2 Å². The molecule has 6 nitrogen and oxygen atoms in total. The molecule has 1 amide bonds. The summed E-state index contributed by atoms with van der Waals surface area (Å²) in [6.07, 6.45) is 1.88. The van der Waals surface area contributed by atoms with Crippen LogP contribution in [0.5, 0.6) is 0 Å². The summed E-state index contributed by atoms with van der Waals surface area (Å²) in [4.78, 5) is 17.9. The van der Waals surface area contributed by atoms with Crippen LogP contribution < -0.4 is 5.32 Å². The zero-order valence-corrected chi connectivity index (χ0v) is 16.3. The van der Waals surface area contributed by atoms with Crippen molar-refractivity contribution in [1.82, 2.24) is 24.9 Å². The molecular formula is C19H16ClN5OS. The maximum absolute atomic E-state index is 12.8. The Labute approximate surface area is 164 Å². The van der Waals surface area contributed by atoms with Gasteiger partial charge in [0.05, 0.1) is 16.8 Å². The molecule has 8 heteroatoms. The summed E-state index contributed by atoms with van der Waals surface area (Å²) in [7, 11) is 0. The Morgan fingerprint density at radius 1 is 1.19 bits per heavy atom. The first-order valence-electron chi connectivity index (χ1n) is 8.37. The number of rotatable bonds is 4. The Morgan fingerprint density at radius 2 is 1.96 bits per heavy atom. The molecule has 0 bridgehead atoms. The van der Waals surface area contributed by atoms with Crippen molar-refractivity contribution in [3.8, 4) is 10.6 Å². The van der Waals surface area contributed by atoms with E-state index in [1.807, 2.05) is 66.9 Å². The number of carbonyl (C=O) groups is 1. The van der Waals surface area contributed by atoms with Crippen LogP contribution in [0.15, 0.2) is 48.7 Å². The predicted molar refractivity (Wildman–Crippen MR) is 106 cm³/mol. The Kier molecular flexibility index (Phi) is 4.63. The normalized spacial score (nSPS) is 12.3. The first-order valence-corrected chi connectivity index (χ1v) is 9.57. The number of hydrogen-bond acceptors (Lipinski definition) is 5. The van der Waals surface area contributed by atoms with Crippen LogP contribution in [-0.2, 0) is 0 Å². The average Bonchev–Trinajstić information content (AvgIpc) is 3.25. The third-order valence-electron chi connectivity index (χ3n) is 4.18. The topological polar surface area (TPSA) is 72.2 Å². The van der Waals surface area contributed by atoms with Gasteiger partial charge in [-0.1, -0.05) is 35.9 Å². The number of carbonyl (C=O) groups excluding carboxylic acids is 1. The van der Waals surface area contributed by atoms with Gasteiger partial charge in [0, 0.05) is 11.8 Å². The first kappa shape index (κ1) is 17.6. The second-order valence-electron chi connectivity index (χ2n) is 6.10. The van der Waals surface area contributed by atoms with Gasteiger partial charge in [0.15, 0.2) is 11.5 Å². The number of nitrogens with zero attached hydrogens (tertiary/aromatic N) is 4. The number of aromatic nitrogens is 4. The molecule has 0 unspecified atom stereocenters. The Bertz CT molecular complexity index is 1140. The molecule has 136 valence electrons. The van der Waals surface area contributed by atoms with Crippen LogP contribution in [-0.4, -0.2) is 25.5 Å². The lowest BCUT2D eigenvalue weighted by Crippen LogP contribution is -2.27. The van der Waals surface area contributed by atoms with Crippen LogP contribution in [0.4, 0.5) is 0 Å². The van der Waals surface area contributed by atoms with Crippen LogP contribution in [0.3, 0.4) is 0 Å². The second kappa shape index (κ2) is 7.09. The van der Waals surface area contributed by atoms with Gasteiger partial charge in [-0.15, -0.1) is 21.5 Å². The molecule has 0 aliphatic carbocycles. The van der Waals surface area contributed by atoms with Crippen LogP contribution in [0, 0.1) is 6.92 Å². The van der Waals surface area contributed by atoms with E-state index in [0.29, 0.717) is 21.4 Å². The zero-order valence-electron chi connectivity index (χ0n) is 14.7. The molecular weight excluding hydrogens is 382 g/mol. The minimum atomic E-state index is -0.305. The van der Waals surface area contributed by atoms with Crippen molar-refractivity contribution in [3.63, 3.8) is 0 Å². The lowest BCUT2D eigenvalue weighted by Gasteiger charge is -2.11. The van der Waals surface area contributed by atoms with E-state index in [1.165, 1.54) is 11.3 Å². The fraction of sp³-hybridized carbons (Fsp3) is 0.158. The highest BCUT2D eigenvalue weighted by Crippen LogP contribution is 2.32. The van der Waals surface area contributed by atoms with E-state index >= 15 is 0 Å². The van der Waals surface area contributed by atoms with Crippen LogP contribution >= 0.6 is 22.9 Å². The molecule has 1 aromatic carbocycles. The Hall–Kier alpha value is -2.77. The molecule has 0 radical (unpaired) electrons. The van der Waals surface area contributed by atoms with E-state index in [1.54, 1.807) is 0 Å². The summed E-state index contributed by atoms with van der Waals surface area (Å²) >= 11 is 7.58. The van der Waals surface area contributed by atoms with Gasteiger partial charge in [-0.2, -0.15) is 0 Å². The molecule has 4 aromatic rings. The van der Waals surface area contributed by atoms with Gasteiger partial charge in [-0.25, -0.2) is 4.98 Å². The Balaban J connectivity index is 1.59. The van der Waals surface area contributed by atoms with Gasteiger partial charge in [0.2, 0.25) is 0 Å². The van der Waals surface area contributed by atoms with Gasteiger partial charge >= 0.3 is 0 Å². The molecule has 27 heavy (non-hydrogen) atoms. The molecule has 0 saturated heterocycles. The lowest BCUT2D eigenvalue weighted by molar-refractivity contribution is 0.0941. The lowest BCUT2D eigenvalue weighted by atomic mass is 10.2. The number of thiazole rings is 1. The summed E-state index contributed by atoms with van der Waals surface area (Å²) in [5, 5.41) is 12.6. The smallest absolute Gasteiger partial charge is 0.263 e. The summed E-state index contributed by atoms with van der Waals surface area (Å²) in [5.41, 5.74) is 2.23. The monoisotopic (exact) mass is 397 g/mol. The van der Waals surface area contributed by atoms with Crippen LogP contribution in [0.25, 0.3) is 16.2 Å². The minimum absolute atomic E-state index is 0.191. The number of pyridine rings is 1. The van der Waals surface area contributed by atoms with Gasteiger partial charge in [0.25, 0.3) is 5.91 Å². The minimum Gasteiger partial charge on any atom is -0.342 e. The van der Waals surface area contributed by atoms with Crippen molar-refractivity contribution in [1.29, 1.82) is 0 Å². The number of hydrogen-bond donors (Lipinski definition) is 1. The summed E-state index contributed by atoms with van der Waals surface area (Å²) in [5.74, 6) is 0.482. The zero-order chi connectivity index (χ0) is 19.0. The third kappa shape index (κ3) is 3.31. The van der Waals surface area contributed by atoms with E-state index in [2.05, 4.69) is 20.5 Å². The Morgan fingerprint density at radius 3 is 2.78 bits per heavy atom. The van der Waals surface area contributed by atoms with E-state index < -0.39 is 0 Å². The summed E-state index contributed by atoms with van der Waals surface area (Å²) < 4.78 is 1.86. The SMILES string of the molecule is Cc1nc(-c2ccccc2Cl)sc1C(=O)N[C@@H](C)c1nnc2ccccn12. The average molecular weight is 398 g/mol. The number of fused-ring (bicyclic) bond motifs is 1. The van der Waals surface area contributed by atoms with E-state index in [-0.39, 0.29) is 11.9 Å². The van der Waals surface area contributed by atoms with Gasteiger partial charge in [0.1, 0.15) is 9.88 Å². The van der Waals surface area contributed by atoms with Crippen molar-refractivity contribution in [3.05, 3.63) is 70.1 Å². The molecule has 0 aliphatic heterocycles. The second-order valence-corrected chi connectivity index (χ2v) is 7.50. The highest BCUT2D eigenvalue weighted by Gasteiger charge is 2.21. The number of nitrogens with one attached hydrogen (secondary N) is 1. The third-order valence-corrected chi connectivity index (χ3v) is 5.70. The highest BCUT2D eigenvalue weighted by atomic mass is 35.5. The van der Waals surface area contributed by atoms with E-state index in [9.17, 15) is 4.79 Å². The highest BCUT2D eigenvalue weighted by molar-refractivity contribution is 7.17. The fourth-order valence-corrected chi connectivity index (χ4v) is 4.13. The molecule has 4 rings (SSSR count). The molecule has 1 atom stereocenters. The largest absolute Gasteiger partial charge is 0.342 e. The quantitative estimate of drug-likeness (QED) is 0.557. The number of amides is 1. The van der Waals surface area contributed by atoms with Gasteiger partial charge in [-0.3, -0.25) is 9.20 Å². The maximum Gasteiger partial charge on any atom is 0.263 e. The van der Waals surface area contributed by atoms with Crippen LogP contribution in [0.1, 0.15) is 34.2 Å². The van der Waals surface area contributed by atoms with Crippen molar-refractivity contribution >= 4 is 34.5 Å². The van der Waals surface area contributed by atoms with Crippen molar-refractivity contribution in [2.75, 3.05) is 0 Å². The fourth-order valence-electron chi connectivity index (χ4n) is 2.84. The van der Waals surface area contributed by atoms with Gasteiger partial charge < -0.3 is 5.32 Å². The molecule has 0 saturated carbocycles. The molecule has 0 spiro atoms. The number of aryl methyl sites for hydroxylation is 1. The summed E-state index contributed by atoms with van der Waals surface area (Å²) in [6, 6.07) is 12.8. The standard InChI is InChI=1S/C19H16ClN5OS/c1-11-16(27-19(22-11)13-7-3-4-8-14(13)20)18(26)21-12(2)17-24-23-15-9-5-6-10-25(15)17/h3-10,12H,1-2H3,(H,21,26)/t12-/m0/s1. The molecule has 0 aliphatic rings. The van der Waals surface area contributed by atoms with Crippen molar-refractivity contribution in [2.24, 2.45) is 0 Å². The number of benzene rings is 1. The number of halogens is 1. The summed E-state index contributed by atoms with van der Waals surface area (Å²) in [6.45, 7) is 3.70. The van der Waals surface area contributed by atoms with Crippen molar-refractivity contribution < 1.29 is 4.79 Å². The molecule has 3 heterocycles. The van der Waals surface area contributed by atoms with Gasteiger partial charge in [-0.05, 0) is 32.0 Å². The first-order chi connectivity index (χ1) is 13.0. The van der Waals surface area contributed by atoms with E-state index in [4.69, 9.17) is 11.6 Å². The molecule has 1 N–H and O–H groups in total. The van der Waals surface area contributed by atoms with Crippen molar-refractivity contribution in [2.45, 2.75) is 19.9 Å². The maximum atomic E-state index is 12.8. The molecule has 3 aromatic heterocycles. The molecule has 0 fully saturated rings. The predicted octanol–water partition coefficient (Wildman–Crippen LogP) is 4.31.